The van der Waals surface area contributed by atoms with Gasteiger partial charge < -0.3 is 10.0 Å². The van der Waals surface area contributed by atoms with Crippen LogP contribution in [0.25, 0.3) is 0 Å². The molecule has 1 heterocycles. The van der Waals surface area contributed by atoms with Gasteiger partial charge in [-0.3, -0.25) is 4.79 Å². The molecule has 2 aliphatic carbocycles. The number of aliphatic hydroxyl groups is 1. The van der Waals surface area contributed by atoms with Gasteiger partial charge in [-0.05, 0) is 37.5 Å². The Morgan fingerprint density at radius 2 is 1.82 bits per heavy atom. The van der Waals surface area contributed by atoms with Crippen LogP contribution < -0.4 is 0 Å². The van der Waals surface area contributed by atoms with Crippen molar-refractivity contribution in [1.82, 2.24) is 4.90 Å². The Labute approximate surface area is 103 Å². The summed E-state index contributed by atoms with van der Waals surface area (Å²) >= 11 is 0. The first-order valence-corrected chi connectivity index (χ1v) is 7.24. The summed E-state index contributed by atoms with van der Waals surface area (Å²) in [5.74, 6) is 2.09. The zero-order chi connectivity index (χ0) is 11.8. The molecule has 96 valence electrons. The molecule has 3 rings (SSSR count). The van der Waals surface area contributed by atoms with Gasteiger partial charge in [0.15, 0.2) is 0 Å². The average molecular weight is 237 g/mol. The Balaban J connectivity index is 1.66. The van der Waals surface area contributed by atoms with Crippen molar-refractivity contribution in [3.63, 3.8) is 0 Å². The summed E-state index contributed by atoms with van der Waals surface area (Å²) < 4.78 is 0. The van der Waals surface area contributed by atoms with Crippen molar-refractivity contribution in [3.8, 4) is 0 Å². The summed E-state index contributed by atoms with van der Waals surface area (Å²) in [4.78, 5) is 14.5. The predicted octanol–water partition coefficient (Wildman–Crippen LogP) is 1.80. The number of hydrogen-bond acceptors (Lipinski definition) is 2. The van der Waals surface area contributed by atoms with E-state index in [2.05, 4.69) is 0 Å². The monoisotopic (exact) mass is 237 g/mol. The molecule has 1 N–H and O–H groups in total. The molecule has 2 saturated carbocycles. The van der Waals surface area contributed by atoms with Gasteiger partial charge in [0, 0.05) is 12.5 Å². The van der Waals surface area contributed by atoms with Gasteiger partial charge in [0.05, 0.1) is 12.6 Å². The number of fused-ring (bicyclic) bond motifs is 1. The lowest BCUT2D eigenvalue weighted by atomic mass is 10.1. The van der Waals surface area contributed by atoms with Crippen LogP contribution in [0.2, 0.25) is 0 Å². The zero-order valence-electron chi connectivity index (χ0n) is 10.5. The van der Waals surface area contributed by atoms with Gasteiger partial charge >= 0.3 is 0 Å². The molecule has 17 heavy (non-hydrogen) atoms. The summed E-state index contributed by atoms with van der Waals surface area (Å²) in [5.41, 5.74) is 0. The highest BCUT2D eigenvalue weighted by Crippen LogP contribution is 2.58. The standard InChI is InChI=1S/C14H23NO2/c16-9-10-5-2-1-3-8-15(10)14(17)13-11-6-4-7-12(11)13/h10-13,16H,1-9H2. The molecular formula is C14H23NO2. The Hall–Kier alpha value is -0.570. The Morgan fingerprint density at radius 1 is 1.06 bits per heavy atom. The van der Waals surface area contributed by atoms with Gasteiger partial charge in [-0.1, -0.05) is 19.3 Å². The normalized spacial score (nSPS) is 40.9. The van der Waals surface area contributed by atoms with Crippen molar-refractivity contribution in [2.45, 2.75) is 51.0 Å². The van der Waals surface area contributed by atoms with E-state index in [4.69, 9.17) is 0 Å². The number of hydrogen-bond donors (Lipinski definition) is 1. The van der Waals surface area contributed by atoms with E-state index in [0.29, 0.717) is 23.7 Å². The molecule has 3 atom stereocenters. The van der Waals surface area contributed by atoms with Gasteiger partial charge in [-0.25, -0.2) is 0 Å². The molecule has 1 aliphatic heterocycles. The van der Waals surface area contributed by atoms with E-state index < -0.39 is 0 Å². The van der Waals surface area contributed by atoms with E-state index in [1.807, 2.05) is 4.90 Å². The third-order valence-corrected chi connectivity index (χ3v) is 5.06. The SMILES string of the molecule is O=C(C1C2CCCC21)N1CCCCCC1CO. The zero-order valence-corrected chi connectivity index (χ0v) is 10.5. The van der Waals surface area contributed by atoms with Gasteiger partial charge in [0.25, 0.3) is 0 Å². The minimum absolute atomic E-state index is 0.103. The lowest BCUT2D eigenvalue weighted by molar-refractivity contribution is -0.136. The van der Waals surface area contributed by atoms with Gasteiger partial charge in [0.1, 0.15) is 0 Å². The molecule has 0 aromatic carbocycles. The minimum Gasteiger partial charge on any atom is -0.394 e. The summed E-state index contributed by atoms with van der Waals surface area (Å²) in [5, 5.41) is 9.45. The molecule has 0 radical (unpaired) electrons. The van der Waals surface area contributed by atoms with Crippen molar-refractivity contribution in [1.29, 1.82) is 0 Å². The summed E-state index contributed by atoms with van der Waals surface area (Å²) in [6.07, 6.45) is 8.32. The molecule has 0 aromatic heterocycles. The van der Waals surface area contributed by atoms with Crippen LogP contribution in [0.5, 0.6) is 0 Å². The highest BCUT2D eigenvalue weighted by Gasteiger charge is 2.57. The Bertz CT molecular complexity index is 295. The number of amides is 1. The molecule has 0 aromatic rings. The number of nitrogens with zero attached hydrogens (tertiary/aromatic N) is 1. The van der Waals surface area contributed by atoms with Crippen molar-refractivity contribution in [2.24, 2.45) is 17.8 Å². The highest BCUT2D eigenvalue weighted by atomic mass is 16.3. The van der Waals surface area contributed by atoms with Crippen LogP contribution in [0.4, 0.5) is 0 Å². The fraction of sp³-hybridized carbons (Fsp3) is 0.929. The first-order valence-electron chi connectivity index (χ1n) is 7.24. The van der Waals surface area contributed by atoms with Gasteiger partial charge in [-0.2, -0.15) is 0 Å². The van der Waals surface area contributed by atoms with Crippen LogP contribution in [-0.2, 0) is 4.79 Å². The Kier molecular flexibility index (Phi) is 3.12. The average Bonchev–Trinajstić information content (AvgIpc) is 2.94. The third kappa shape index (κ3) is 1.99. The second kappa shape index (κ2) is 4.60. The summed E-state index contributed by atoms with van der Waals surface area (Å²) in [6.45, 7) is 1.02. The maximum absolute atomic E-state index is 12.5. The first kappa shape index (κ1) is 11.5. The van der Waals surface area contributed by atoms with Crippen LogP contribution in [-0.4, -0.2) is 35.1 Å². The number of carbonyl (C=O) groups excluding carboxylic acids is 1. The molecule has 3 nitrogen and oxygen atoms in total. The summed E-state index contributed by atoms with van der Waals surface area (Å²) in [6, 6.07) is 0.103. The molecule has 0 spiro atoms. The van der Waals surface area contributed by atoms with E-state index in [-0.39, 0.29) is 12.6 Å². The van der Waals surface area contributed by atoms with Crippen LogP contribution in [0.3, 0.4) is 0 Å². The summed E-state index contributed by atoms with van der Waals surface area (Å²) in [7, 11) is 0. The molecule has 0 bridgehead atoms. The van der Waals surface area contributed by atoms with E-state index in [9.17, 15) is 9.90 Å². The fourth-order valence-corrected chi connectivity index (χ4v) is 4.04. The molecule has 1 saturated heterocycles. The largest absolute Gasteiger partial charge is 0.394 e. The highest BCUT2D eigenvalue weighted by molar-refractivity contribution is 5.83. The second-order valence-electron chi connectivity index (χ2n) is 6.00. The smallest absolute Gasteiger partial charge is 0.226 e. The molecule has 3 unspecified atom stereocenters. The van der Waals surface area contributed by atoms with Gasteiger partial charge in [0.2, 0.25) is 5.91 Å². The molecular weight excluding hydrogens is 214 g/mol. The first-order chi connectivity index (χ1) is 8.33. The van der Waals surface area contributed by atoms with E-state index in [0.717, 1.165) is 25.8 Å². The van der Waals surface area contributed by atoms with Gasteiger partial charge in [-0.15, -0.1) is 0 Å². The molecule has 3 heteroatoms. The van der Waals surface area contributed by atoms with Crippen molar-refractivity contribution in [3.05, 3.63) is 0 Å². The van der Waals surface area contributed by atoms with Crippen molar-refractivity contribution in [2.75, 3.05) is 13.2 Å². The van der Waals surface area contributed by atoms with Crippen LogP contribution >= 0.6 is 0 Å². The number of carbonyl (C=O) groups is 1. The van der Waals surface area contributed by atoms with E-state index >= 15 is 0 Å². The molecule has 3 fully saturated rings. The fourth-order valence-electron chi connectivity index (χ4n) is 4.04. The number of likely N-dealkylation sites (tertiary alicyclic amines) is 1. The van der Waals surface area contributed by atoms with Crippen LogP contribution in [0.15, 0.2) is 0 Å². The van der Waals surface area contributed by atoms with Crippen molar-refractivity contribution >= 4 is 5.91 Å². The lowest BCUT2D eigenvalue weighted by Gasteiger charge is -2.29. The number of aliphatic hydroxyl groups excluding tert-OH is 1. The maximum atomic E-state index is 12.5. The van der Waals surface area contributed by atoms with Crippen LogP contribution in [0, 0.1) is 17.8 Å². The van der Waals surface area contributed by atoms with Crippen molar-refractivity contribution < 1.29 is 9.90 Å². The minimum atomic E-state index is 0.103. The van der Waals surface area contributed by atoms with E-state index in [1.165, 1.54) is 25.7 Å². The Morgan fingerprint density at radius 3 is 2.53 bits per heavy atom. The lowest BCUT2D eigenvalue weighted by Crippen LogP contribution is -2.43. The topological polar surface area (TPSA) is 40.5 Å². The maximum Gasteiger partial charge on any atom is 0.226 e. The molecule has 3 aliphatic rings. The predicted molar refractivity (Wildman–Crippen MR) is 65.4 cm³/mol. The molecule has 1 amide bonds. The van der Waals surface area contributed by atoms with E-state index in [1.54, 1.807) is 0 Å². The number of rotatable bonds is 2. The van der Waals surface area contributed by atoms with Crippen LogP contribution in [0.1, 0.15) is 44.9 Å². The third-order valence-electron chi connectivity index (χ3n) is 5.06. The second-order valence-corrected chi connectivity index (χ2v) is 6.00. The quantitative estimate of drug-likeness (QED) is 0.795.